The zero-order chi connectivity index (χ0) is 12.5. The van der Waals surface area contributed by atoms with Gasteiger partial charge in [0.25, 0.3) is 0 Å². The summed E-state index contributed by atoms with van der Waals surface area (Å²) in [5, 5.41) is 3.76. The third-order valence-corrected chi connectivity index (χ3v) is 4.53. The third-order valence-electron chi connectivity index (χ3n) is 4.04. The zero-order valence-electron chi connectivity index (χ0n) is 11.0. The predicted octanol–water partition coefficient (Wildman–Crippen LogP) is 5.00. The molecule has 1 aliphatic rings. The minimum atomic E-state index is 0.429. The van der Waals surface area contributed by atoms with Crippen LogP contribution < -0.4 is 5.32 Å². The van der Waals surface area contributed by atoms with Crippen molar-refractivity contribution in [2.45, 2.75) is 52.5 Å². The molecule has 1 aliphatic carbocycles. The number of anilines is 1. The molecule has 0 aliphatic heterocycles. The van der Waals surface area contributed by atoms with E-state index in [1.165, 1.54) is 35.0 Å². The lowest BCUT2D eigenvalue weighted by Crippen LogP contribution is -2.31. The Balaban J connectivity index is 2.18. The first kappa shape index (κ1) is 12.9. The number of halogens is 1. The summed E-state index contributed by atoms with van der Waals surface area (Å²) in [4.78, 5) is 0. The highest BCUT2D eigenvalue weighted by molar-refractivity contribution is 9.10. The van der Waals surface area contributed by atoms with Gasteiger partial charge in [-0.2, -0.15) is 0 Å². The minimum absolute atomic E-state index is 0.429. The first-order valence-electron chi connectivity index (χ1n) is 6.58. The molecule has 1 aromatic carbocycles. The van der Waals surface area contributed by atoms with Crippen LogP contribution in [0.1, 0.15) is 45.6 Å². The summed E-state index contributed by atoms with van der Waals surface area (Å²) in [7, 11) is 0. The Hall–Kier alpha value is -0.500. The molecule has 2 heteroatoms. The average molecular weight is 296 g/mol. The highest BCUT2D eigenvalue weighted by Crippen LogP contribution is 2.39. The molecule has 0 aromatic heterocycles. The van der Waals surface area contributed by atoms with Gasteiger partial charge in [-0.3, -0.25) is 0 Å². The number of nitrogens with one attached hydrogen (secondary N) is 1. The lowest BCUT2D eigenvalue weighted by atomic mass is 9.87. The summed E-state index contributed by atoms with van der Waals surface area (Å²) in [6, 6.07) is 7.18. The second-order valence-corrected chi connectivity index (χ2v) is 6.65. The first-order valence-corrected chi connectivity index (χ1v) is 7.37. The molecule has 2 rings (SSSR count). The fourth-order valence-electron chi connectivity index (χ4n) is 2.78. The minimum Gasteiger partial charge on any atom is -0.382 e. The van der Waals surface area contributed by atoms with Crippen LogP contribution in [0.2, 0.25) is 0 Å². The normalized spacial score (nSPS) is 22.7. The van der Waals surface area contributed by atoms with Crippen molar-refractivity contribution in [1.29, 1.82) is 0 Å². The van der Waals surface area contributed by atoms with Crippen molar-refractivity contribution in [2.75, 3.05) is 5.32 Å². The molecule has 0 heterocycles. The van der Waals surface area contributed by atoms with Crippen molar-refractivity contribution in [1.82, 2.24) is 0 Å². The molecule has 1 atom stereocenters. The van der Waals surface area contributed by atoms with Gasteiger partial charge >= 0.3 is 0 Å². The monoisotopic (exact) mass is 295 g/mol. The van der Waals surface area contributed by atoms with E-state index in [0.717, 1.165) is 6.42 Å². The number of benzene rings is 1. The molecular formula is C15H22BrN. The van der Waals surface area contributed by atoms with E-state index in [-0.39, 0.29) is 0 Å². The van der Waals surface area contributed by atoms with Gasteiger partial charge in [-0.15, -0.1) is 0 Å². The van der Waals surface area contributed by atoms with Gasteiger partial charge in [0.1, 0.15) is 0 Å². The van der Waals surface area contributed by atoms with Crippen molar-refractivity contribution in [3.63, 3.8) is 0 Å². The summed E-state index contributed by atoms with van der Waals surface area (Å²) in [5.41, 5.74) is 3.15. The molecule has 1 N–H and O–H groups in total. The maximum absolute atomic E-state index is 3.76. The quantitative estimate of drug-likeness (QED) is 0.827. The lowest BCUT2D eigenvalue weighted by molar-refractivity contribution is 0.350. The fourth-order valence-corrected chi connectivity index (χ4v) is 3.19. The van der Waals surface area contributed by atoms with Crippen LogP contribution in [0.3, 0.4) is 0 Å². The Bertz CT molecular complexity index is 398. The Kier molecular flexibility index (Phi) is 3.82. The Labute approximate surface area is 113 Å². The fraction of sp³-hybridized carbons (Fsp3) is 0.600. The summed E-state index contributed by atoms with van der Waals surface area (Å²) in [5.74, 6) is 0. The van der Waals surface area contributed by atoms with E-state index in [1.807, 2.05) is 0 Å². The van der Waals surface area contributed by atoms with E-state index in [2.05, 4.69) is 60.2 Å². The van der Waals surface area contributed by atoms with Crippen molar-refractivity contribution >= 4 is 21.6 Å². The standard InChI is InChI=1S/C15H22BrN/c1-4-11-10-12(16)7-8-13(11)17-14-6-5-9-15(14,2)3/h7-8,10,14,17H,4-6,9H2,1-3H3. The van der Waals surface area contributed by atoms with Crippen molar-refractivity contribution < 1.29 is 0 Å². The Morgan fingerprint density at radius 1 is 1.41 bits per heavy atom. The first-order chi connectivity index (χ1) is 8.03. The lowest BCUT2D eigenvalue weighted by Gasteiger charge is -2.29. The van der Waals surface area contributed by atoms with Gasteiger partial charge in [0.05, 0.1) is 0 Å². The van der Waals surface area contributed by atoms with Gasteiger partial charge < -0.3 is 5.32 Å². The van der Waals surface area contributed by atoms with Crippen LogP contribution in [-0.2, 0) is 6.42 Å². The van der Waals surface area contributed by atoms with E-state index in [4.69, 9.17) is 0 Å². The molecule has 0 amide bonds. The summed E-state index contributed by atoms with van der Waals surface area (Å²) >= 11 is 3.54. The number of aryl methyl sites for hydroxylation is 1. The molecule has 1 unspecified atom stereocenters. The molecule has 0 radical (unpaired) electrons. The SMILES string of the molecule is CCc1cc(Br)ccc1NC1CCCC1(C)C. The van der Waals surface area contributed by atoms with E-state index >= 15 is 0 Å². The van der Waals surface area contributed by atoms with E-state index in [0.29, 0.717) is 11.5 Å². The topological polar surface area (TPSA) is 12.0 Å². The van der Waals surface area contributed by atoms with Gasteiger partial charge in [0.15, 0.2) is 0 Å². The van der Waals surface area contributed by atoms with Gasteiger partial charge in [-0.1, -0.05) is 43.1 Å². The summed E-state index contributed by atoms with van der Waals surface area (Å²) in [6.45, 7) is 6.97. The number of hydrogen-bond acceptors (Lipinski definition) is 1. The van der Waals surface area contributed by atoms with Crippen LogP contribution in [0.4, 0.5) is 5.69 Å². The summed E-state index contributed by atoms with van der Waals surface area (Å²) in [6.07, 6.45) is 5.06. The third kappa shape index (κ3) is 2.85. The molecule has 0 saturated heterocycles. The molecule has 94 valence electrons. The van der Waals surface area contributed by atoms with E-state index in [9.17, 15) is 0 Å². The van der Waals surface area contributed by atoms with Crippen LogP contribution in [0, 0.1) is 5.41 Å². The zero-order valence-corrected chi connectivity index (χ0v) is 12.6. The van der Waals surface area contributed by atoms with Gasteiger partial charge in [0.2, 0.25) is 0 Å². The van der Waals surface area contributed by atoms with Gasteiger partial charge in [-0.25, -0.2) is 0 Å². The number of rotatable bonds is 3. The molecule has 1 fully saturated rings. The van der Waals surface area contributed by atoms with E-state index < -0.39 is 0 Å². The van der Waals surface area contributed by atoms with Crippen LogP contribution in [0.25, 0.3) is 0 Å². The van der Waals surface area contributed by atoms with Crippen LogP contribution in [0.5, 0.6) is 0 Å². The number of hydrogen-bond donors (Lipinski definition) is 1. The van der Waals surface area contributed by atoms with Crippen LogP contribution in [0.15, 0.2) is 22.7 Å². The van der Waals surface area contributed by atoms with Crippen molar-refractivity contribution in [3.05, 3.63) is 28.2 Å². The molecule has 17 heavy (non-hydrogen) atoms. The molecular weight excluding hydrogens is 274 g/mol. The van der Waals surface area contributed by atoms with Gasteiger partial charge in [-0.05, 0) is 48.4 Å². The molecule has 1 nitrogen and oxygen atoms in total. The van der Waals surface area contributed by atoms with E-state index in [1.54, 1.807) is 0 Å². The van der Waals surface area contributed by atoms with Crippen molar-refractivity contribution in [2.24, 2.45) is 5.41 Å². The highest BCUT2D eigenvalue weighted by Gasteiger charge is 2.34. The Morgan fingerprint density at radius 3 is 2.76 bits per heavy atom. The second kappa shape index (κ2) is 5.01. The van der Waals surface area contributed by atoms with Crippen molar-refractivity contribution in [3.8, 4) is 0 Å². The molecule has 0 bridgehead atoms. The smallest absolute Gasteiger partial charge is 0.0375 e. The molecule has 1 aromatic rings. The summed E-state index contributed by atoms with van der Waals surface area (Å²) < 4.78 is 1.17. The van der Waals surface area contributed by atoms with Gasteiger partial charge in [0, 0.05) is 16.2 Å². The van der Waals surface area contributed by atoms with Crippen LogP contribution in [-0.4, -0.2) is 6.04 Å². The molecule has 0 spiro atoms. The van der Waals surface area contributed by atoms with Crippen LogP contribution >= 0.6 is 15.9 Å². The predicted molar refractivity (Wildman–Crippen MR) is 78.6 cm³/mol. The Morgan fingerprint density at radius 2 is 2.18 bits per heavy atom. The maximum Gasteiger partial charge on any atom is 0.0375 e. The second-order valence-electron chi connectivity index (χ2n) is 5.73. The molecule has 1 saturated carbocycles. The average Bonchev–Trinajstić information content (AvgIpc) is 2.61. The maximum atomic E-state index is 3.76. The largest absolute Gasteiger partial charge is 0.382 e. The highest BCUT2D eigenvalue weighted by atomic mass is 79.9.